The Morgan fingerprint density at radius 1 is 1.12 bits per heavy atom. The summed E-state index contributed by atoms with van der Waals surface area (Å²) in [4.78, 5) is 27.9. The maximum atomic E-state index is 13.2. The van der Waals surface area contributed by atoms with Crippen molar-refractivity contribution in [2.45, 2.75) is 106 Å². The third-order valence-corrected chi connectivity index (χ3v) is 8.69. The van der Waals surface area contributed by atoms with Gasteiger partial charge in [-0.1, -0.05) is 10.8 Å². The van der Waals surface area contributed by atoms with E-state index < -0.39 is 84.9 Å². The van der Waals surface area contributed by atoms with Crippen LogP contribution in [-0.2, 0) is 28.5 Å². The minimum Gasteiger partial charge on any atom is -0.394 e. The van der Waals surface area contributed by atoms with Crippen LogP contribution in [0.15, 0.2) is 23.4 Å². The number of nitrogens with two attached hydrogens (primary N) is 1. The summed E-state index contributed by atoms with van der Waals surface area (Å²) in [5, 5.41) is 56.4. The quantitative estimate of drug-likeness (QED) is 0.0630. The third kappa shape index (κ3) is 9.41. The smallest absolute Gasteiger partial charge is 0.302 e. The van der Waals surface area contributed by atoms with Gasteiger partial charge in [-0.3, -0.25) is 14.9 Å². The standard InChI is InChI=1S/C25H40N4O12S2/c1-11(2)37-20-17(32)18(33)25(40-19-15(26)24(38-12(3)4)39-14(10-30)16(19)31)41-21(20)22(34)27-8-9-42-43-23-13(29(35)36)6-5-7-28-23/h5-7,11-12,14-21,24-25,30-33H,8-10,26H2,1-4H3,(H,27,34). The number of carbonyl (C=O) groups is 1. The van der Waals surface area contributed by atoms with E-state index in [1.54, 1.807) is 27.7 Å². The van der Waals surface area contributed by atoms with Gasteiger partial charge in [-0.05, 0) is 44.6 Å². The summed E-state index contributed by atoms with van der Waals surface area (Å²) >= 11 is 0. The fraction of sp³-hybridized carbons (Fsp3) is 0.760. The number of aliphatic hydroxyl groups excluding tert-OH is 4. The highest BCUT2D eigenvalue weighted by atomic mass is 33.1. The maximum Gasteiger partial charge on any atom is 0.302 e. The van der Waals surface area contributed by atoms with Crippen molar-refractivity contribution in [3.63, 3.8) is 0 Å². The maximum absolute atomic E-state index is 13.2. The molecule has 2 fully saturated rings. The number of hydrogen-bond donors (Lipinski definition) is 6. The number of carbonyl (C=O) groups excluding carboxylic acids is 1. The molecule has 244 valence electrons. The molecule has 0 aliphatic carbocycles. The lowest BCUT2D eigenvalue weighted by atomic mass is 9.95. The summed E-state index contributed by atoms with van der Waals surface area (Å²) in [6, 6.07) is 1.72. The zero-order valence-electron chi connectivity index (χ0n) is 24.1. The molecule has 1 aromatic rings. The molecule has 7 N–H and O–H groups in total. The fourth-order valence-electron chi connectivity index (χ4n) is 4.43. The van der Waals surface area contributed by atoms with E-state index in [4.69, 9.17) is 29.4 Å². The van der Waals surface area contributed by atoms with Crippen molar-refractivity contribution in [2.24, 2.45) is 5.73 Å². The van der Waals surface area contributed by atoms with Gasteiger partial charge >= 0.3 is 5.69 Å². The van der Waals surface area contributed by atoms with Gasteiger partial charge in [0.05, 0.1) is 29.8 Å². The lowest BCUT2D eigenvalue weighted by Crippen LogP contribution is -2.68. The molecule has 1 amide bonds. The molecule has 0 spiro atoms. The zero-order valence-corrected chi connectivity index (χ0v) is 25.8. The van der Waals surface area contributed by atoms with Crippen LogP contribution >= 0.6 is 21.6 Å². The second-order valence-corrected chi connectivity index (χ2v) is 12.8. The number of nitrogens with zero attached hydrogens (tertiary/aromatic N) is 2. The number of aromatic nitrogens is 1. The molecule has 43 heavy (non-hydrogen) atoms. The van der Waals surface area contributed by atoms with E-state index in [9.17, 15) is 35.3 Å². The van der Waals surface area contributed by atoms with Gasteiger partial charge in [0.25, 0.3) is 5.91 Å². The normalized spacial score (nSPS) is 33.1. The Labute approximate surface area is 256 Å². The van der Waals surface area contributed by atoms with Crippen molar-refractivity contribution in [1.29, 1.82) is 0 Å². The van der Waals surface area contributed by atoms with Gasteiger partial charge in [0.1, 0.15) is 36.6 Å². The highest BCUT2D eigenvalue weighted by Crippen LogP contribution is 2.35. The average molecular weight is 653 g/mol. The van der Waals surface area contributed by atoms with Crippen molar-refractivity contribution < 1.29 is 53.8 Å². The van der Waals surface area contributed by atoms with Crippen LogP contribution in [0.3, 0.4) is 0 Å². The van der Waals surface area contributed by atoms with Gasteiger partial charge in [-0.15, -0.1) is 0 Å². The summed E-state index contributed by atoms with van der Waals surface area (Å²) < 4.78 is 28.6. The van der Waals surface area contributed by atoms with Gasteiger partial charge in [0.2, 0.25) is 0 Å². The molecule has 16 nitrogen and oxygen atoms in total. The Hall–Kier alpha value is -1.68. The predicted molar refractivity (Wildman–Crippen MR) is 154 cm³/mol. The van der Waals surface area contributed by atoms with E-state index in [2.05, 4.69) is 10.3 Å². The lowest BCUT2D eigenvalue weighted by Gasteiger charge is -2.47. The topological polar surface area (TPSA) is 238 Å². The average Bonchev–Trinajstić information content (AvgIpc) is 2.95. The first kappa shape index (κ1) is 35.8. The summed E-state index contributed by atoms with van der Waals surface area (Å²) in [5.74, 6) is -0.341. The molecule has 2 aliphatic rings. The Morgan fingerprint density at radius 2 is 1.81 bits per heavy atom. The molecule has 0 aromatic carbocycles. The molecule has 3 heterocycles. The van der Waals surface area contributed by atoms with E-state index in [0.717, 1.165) is 10.8 Å². The van der Waals surface area contributed by atoms with Crippen LogP contribution in [0.1, 0.15) is 27.7 Å². The lowest BCUT2D eigenvalue weighted by molar-refractivity contribution is -0.388. The molecule has 2 aliphatic heterocycles. The summed E-state index contributed by atoms with van der Waals surface area (Å²) in [7, 11) is 2.32. The first-order valence-electron chi connectivity index (χ1n) is 13.7. The van der Waals surface area contributed by atoms with Crippen LogP contribution in [0.2, 0.25) is 0 Å². The zero-order chi connectivity index (χ0) is 31.8. The van der Waals surface area contributed by atoms with Crippen molar-refractivity contribution in [3.8, 4) is 0 Å². The summed E-state index contributed by atoms with van der Waals surface area (Å²) in [6.07, 6.45) is -11.9. The minimum atomic E-state index is -1.70. The van der Waals surface area contributed by atoms with Crippen LogP contribution in [0, 0.1) is 10.1 Å². The highest BCUT2D eigenvalue weighted by Gasteiger charge is 2.52. The van der Waals surface area contributed by atoms with Crippen LogP contribution < -0.4 is 11.1 Å². The second kappa shape index (κ2) is 16.6. The molecule has 3 rings (SSSR count). The molecule has 18 heteroatoms. The van der Waals surface area contributed by atoms with Crippen LogP contribution in [0.5, 0.6) is 0 Å². The minimum absolute atomic E-state index is 0.117. The molecule has 10 atom stereocenters. The molecule has 10 unspecified atom stereocenters. The molecule has 0 radical (unpaired) electrons. The first-order valence-corrected chi connectivity index (χ1v) is 16.0. The molecule has 0 bridgehead atoms. The second-order valence-electron chi connectivity index (χ2n) is 10.4. The van der Waals surface area contributed by atoms with Crippen LogP contribution in [0.25, 0.3) is 0 Å². The van der Waals surface area contributed by atoms with Crippen molar-refractivity contribution in [2.75, 3.05) is 18.9 Å². The largest absolute Gasteiger partial charge is 0.394 e. The number of pyridine rings is 1. The number of rotatable bonds is 14. The van der Waals surface area contributed by atoms with Gasteiger partial charge in [0.15, 0.2) is 23.7 Å². The molecular weight excluding hydrogens is 612 g/mol. The monoisotopic (exact) mass is 652 g/mol. The number of aliphatic hydroxyl groups is 4. The highest BCUT2D eigenvalue weighted by molar-refractivity contribution is 8.76. The predicted octanol–water partition coefficient (Wildman–Crippen LogP) is -0.698. The first-order chi connectivity index (χ1) is 20.3. The Kier molecular flexibility index (Phi) is 13.8. The fourth-order valence-corrected chi connectivity index (χ4v) is 6.36. The number of ether oxygens (including phenoxy) is 5. The van der Waals surface area contributed by atoms with E-state index >= 15 is 0 Å². The Balaban J connectivity index is 1.68. The number of hydrogen-bond acceptors (Lipinski definition) is 16. The molecule has 2 saturated heterocycles. The number of nitrogens with one attached hydrogen (secondary N) is 1. The van der Waals surface area contributed by atoms with Crippen molar-refractivity contribution in [3.05, 3.63) is 28.4 Å². The van der Waals surface area contributed by atoms with Gasteiger partial charge in [0, 0.05) is 24.6 Å². The third-order valence-electron chi connectivity index (χ3n) is 6.40. The number of amides is 1. The molecule has 1 aromatic heterocycles. The van der Waals surface area contributed by atoms with E-state index in [0.29, 0.717) is 5.75 Å². The van der Waals surface area contributed by atoms with Gasteiger partial charge < -0.3 is 55.2 Å². The summed E-state index contributed by atoms with van der Waals surface area (Å²) in [6.45, 7) is 6.39. The van der Waals surface area contributed by atoms with Gasteiger partial charge in [-0.25, -0.2) is 4.98 Å². The van der Waals surface area contributed by atoms with Crippen LogP contribution in [-0.4, -0.2) is 129 Å². The molecular formula is C25H40N4O12S2. The summed E-state index contributed by atoms with van der Waals surface area (Å²) in [5.41, 5.74) is 6.13. The van der Waals surface area contributed by atoms with E-state index in [-0.39, 0.29) is 23.4 Å². The van der Waals surface area contributed by atoms with E-state index in [1.807, 2.05) is 0 Å². The number of nitro groups is 1. The van der Waals surface area contributed by atoms with Gasteiger partial charge in [-0.2, -0.15) is 0 Å². The van der Waals surface area contributed by atoms with Crippen molar-refractivity contribution in [1.82, 2.24) is 10.3 Å². The van der Waals surface area contributed by atoms with Crippen LogP contribution in [0.4, 0.5) is 5.69 Å². The van der Waals surface area contributed by atoms with Crippen molar-refractivity contribution >= 4 is 33.2 Å². The Bertz CT molecular complexity index is 1060. The Morgan fingerprint density at radius 3 is 2.44 bits per heavy atom. The van der Waals surface area contributed by atoms with E-state index in [1.165, 1.54) is 29.1 Å². The SMILES string of the molecule is CC(C)OC1OC(CO)C(O)C(OC2OC(C(=O)NCCSSc3ncccc3[N+](=O)[O-])C(OC(C)C)C(O)C2O)C1N. The molecule has 0 saturated carbocycles.